The third kappa shape index (κ3) is 25.2. The molecule has 0 spiro atoms. The molecule has 0 bridgehead atoms. The van der Waals surface area contributed by atoms with Gasteiger partial charge in [-0.2, -0.15) is 0 Å². The first kappa shape index (κ1) is 45.5. The summed E-state index contributed by atoms with van der Waals surface area (Å²) in [6, 6.07) is 0. The molecule has 6 aliphatic heterocycles. The van der Waals surface area contributed by atoms with Gasteiger partial charge >= 0.3 is 0 Å². The fourth-order valence-corrected chi connectivity index (χ4v) is 3.12. The van der Waals surface area contributed by atoms with E-state index in [2.05, 4.69) is 0 Å². The third-order valence-electron chi connectivity index (χ3n) is 5.60. The first-order chi connectivity index (χ1) is 23.6. The van der Waals surface area contributed by atoms with Crippen molar-refractivity contribution in [3.63, 3.8) is 0 Å². The topological polar surface area (TPSA) is 194 Å². The Hall–Kier alpha value is -3.51. The van der Waals surface area contributed by atoms with Crippen LogP contribution in [0.25, 0.3) is 0 Å². The Balaban J connectivity index is 0.000000562. The van der Waals surface area contributed by atoms with Gasteiger partial charge in [0, 0.05) is 31.1 Å². The van der Waals surface area contributed by atoms with E-state index in [-0.39, 0.29) is 107 Å². The monoisotopic (exact) mass is 904 g/mol. The van der Waals surface area contributed by atoms with Crippen LogP contribution in [0.2, 0.25) is 0 Å². The fraction of sp³-hybridized carbons (Fsp3) is 0.333. The van der Waals surface area contributed by atoms with Gasteiger partial charge in [0.1, 0.15) is 36.6 Å². The van der Waals surface area contributed by atoms with Crippen molar-refractivity contribution >= 4 is 0 Å². The van der Waals surface area contributed by atoms with Gasteiger partial charge in [0.2, 0.25) is 0 Å². The molecule has 0 N–H and O–H groups in total. The Morgan fingerprint density at radius 2 is 0.408 bits per heavy atom. The summed E-state index contributed by atoms with van der Waals surface area (Å²) >= 11 is 0. The zero-order chi connectivity index (χ0) is 34.9. The first-order valence-corrected chi connectivity index (χ1v) is 15.0. The summed E-state index contributed by atoms with van der Waals surface area (Å²) in [4.78, 5) is 0. The predicted molar refractivity (Wildman–Crippen MR) is 168 cm³/mol. The van der Waals surface area contributed by atoms with Gasteiger partial charge in [0.05, 0.1) is 37.6 Å². The molecule has 6 atom stereocenters. The van der Waals surface area contributed by atoms with Crippen LogP contribution in [0.1, 0.15) is 0 Å². The van der Waals surface area contributed by atoms with Gasteiger partial charge in [-0.25, -0.2) is 0 Å². The second kappa shape index (κ2) is 33.0. The van der Waals surface area contributed by atoms with Crippen LogP contribution in [0.3, 0.4) is 0 Å². The number of allylic oxidation sites excluding steroid dienone is 12. The maximum absolute atomic E-state index is 10.1. The largest absolute Gasteiger partial charge is 0.852 e. The molecule has 0 aliphatic carbocycles. The molecule has 0 aromatic heterocycles. The molecule has 49 heavy (non-hydrogen) atoms. The van der Waals surface area contributed by atoms with Crippen LogP contribution in [0.5, 0.6) is 0 Å². The second-order valence-electron chi connectivity index (χ2n) is 9.33. The van der Waals surface area contributed by atoms with E-state index < -0.39 is 0 Å². The van der Waals surface area contributed by atoms with E-state index in [1.165, 1.54) is 37.6 Å². The fourth-order valence-electron chi connectivity index (χ4n) is 3.12. The van der Waals surface area contributed by atoms with Crippen molar-refractivity contribution in [1.82, 2.24) is 0 Å². The van der Waals surface area contributed by atoms with E-state index in [1.807, 2.05) is 36.5 Å². The van der Waals surface area contributed by atoms with Gasteiger partial charge < -0.3 is 59.1 Å². The SMILES string of the molecule is [O-]CC1C=CC=CO1.[O-]CC1C=CC=CO1.[O-]CC1C=CC=CO1.[O-]CC1C=CC=CO1.[O-]CC1C=CC=CO1.[O-]CC1C=CC=CO1.[U]. The summed E-state index contributed by atoms with van der Waals surface area (Å²) in [5.74, 6) is 0. The summed E-state index contributed by atoms with van der Waals surface area (Å²) in [6.45, 7) is -1.16. The second-order valence-corrected chi connectivity index (χ2v) is 9.33. The maximum Gasteiger partial charge on any atom is 0.101 e. The van der Waals surface area contributed by atoms with E-state index in [0.29, 0.717) is 0 Å². The molecule has 6 aliphatic rings. The van der Waals surface area contributed by atoms with Gasteiger partial charge in [0.15, 0.2) is 0 Å². The van der Waals surface area contributed by atoms with Crippen LogP contribution in [0, 0.1) is 31.1 Å². The van der Waals surface area contributed by atoms with Crippen LogP contribution in [-0.2, 0) is 28.4 Å². The van der Waals surface area contributed by atoms with Gasteiger partial charge in [-0.3, -0.25) is 0 Å². The van der Waals surface area contributed by atoms with Crippen LogP contribution < -0.4 is 30.6 Å². The van der Waals surface area contributed by atoms with Crippen molar-refractivity contribution in [1.29, 1.82) is 0 Å². The maximum atomic E-state index is 10.1. The number of hydrogen-bond donors (Lipinski definition) is 0. The van der Waals surface area contributed by atoms with Crippen LogP contribution in [0.4, 0.5) is 0 Å². The molecule has 13 heteroatoms. The van der Waals surface area contributed by atoms with Crippen molar-refractivity contribution in [3.05, 3.63) is 147 Å². The minimum atomic E-state index is -0.236. The van der Waals surface area contributed by atoms with E-state index >= 15 is 0 Å². The Labute approximate surface area is 312 Å². The Bertz CT molecular complexity index is 934. The molecule has 6 unspecified atom stereocenters. The normalized spacial score (nSPS) is 24.9. The average Bonchev–Trinajstić information content (AvgIpc) is 3.21. The Morgan fingerprint density at radius 1 is 0.265 bits per heavy atom. The van der Waals surface area contributed by atoms with Gasteiger partial charge in [-0.15, -0.1) is 0 Å². The minimum absolute atomic E-state index is 0. The van der Waals surface area contributed by atoms with E-state index in [0.717, 1.165) is 0 Å². The summed E-state index contributed by atoms with van der Waals surface area (Å²) < 4.78 is 29.1. The summed E-state index contributed by atoms with van der Waals surface area (Å²) in [6.07, 6.45) is 39.6. The smallest absolute Gasteiger partial charge is 0.101 e. The summed E-state index contributed by atoms with van der Waals surface area (Å²) in [7, 11) is 0. The molecule has 0 saturated heterocycles. The van der Waals surface area contributed by atoms with Crippen LogP contribution in [0.15, 0.2) is 147 Å². The molecule has 0 saturated carbocycles. The van der Waals surface area contributed by atoms with Gasteiger partial charge in [-0.1, -0.05) is 76.1 Å². The zero-order valence-corrected chi connectivity index (χ0v) is 31.1. The molecular weight excluding hydrogens is 862 g/mol. The molecule has 0 aromatic rings. The van der Waals surface area contributed by atoms with Crippen molar-refractivity contribution in [3.8, 4) is 0 Å². The molecular formula is C36H42O12U-6. The molecule has 268 valence electrons. The van der Waals surface area contributed by atoms with E-state index in [9.17, 15) is 30.6 Å². The first-order valence-electron chi connectivity index (χ1n) is 15.0. The third-order valence-corrected chi connectivity index (χ3v) is 5.60. The molecule has 6 heterocycles. The Morgan fingerprint density at radius 3 is 0.469 bits per heavy atom. The van der Waals surface area contributed by atoms with E-state index in [4.69, 9.17) is 28.4 Å². The summed E-state index contributed by atoms with van der Waals surface area (Å²) in [5, 5.41) is 60.4. The number of rotatable bonds is 6. The predicted octanol–water partition coefficient (Wildman–Crippen LogP) is -1.11. The molecule has 0 radical (unpaired) electrons. The quantitative estimate of drug-likeness (QED) is 0.313. The Kier molecular flexibility index (Phi) is 30.6. The van der Waals surface area contributed by atoms with E-state index in [1.54, 1.807) is 72.9 Å². The average molecular weight is 905 g/mol. The van der Waals surface area contributed by atoms with Crippen molar-refractivity contribution in [2.45, 2.75) is 36.6 Å². The standard InChI is InChI=1S/6C6H7O2.U/c6*7-5-6-3-1-2-4-8-6;/h6*1-4,6H,5H2;/q6*-1;. The van der Waals surface area contributed by atoms with Crippen LogP contribution >= 0.6 is 0 Å². The summed E-state index contributed by atoms with van der Waals surface area (Å²) in [5.41, 5.74) is 0. The van der Waals surface area contributed by atoms with Crippen molar-refractivity contribution in [2.75, 3.05) is 39.6 Å². The minimum Gasteiger partial charge on any atom is -0.852 e. The zero-order valence-electron chi connectivity index (χ0n) is 27.0. The molecule has 0 aromatic carbocycles. The van der Waals surface area contributed by atoms with Crippen molar-refractivity contribution < 1.29 is 90.2 Å². The molecule has 0 fully saturated rings. The van der Waals surface area contributed by atoms with Gasteiger partial charge in [0.25, 0.3) is 0 Å². The number of hydrogen-bond acceptors (Lipinski definition) is 12. The van der Waals surface area contributed by atoms with Crippen LogP contribution in [-0.4, -0.2) is 76.3 Å². The molecule has 12 nitrogen and oxygen atoms in total. The van der Waals surface area contributed by atoms with Gasteiger partial charge in [-0.05, 0) is 72.9 Å². The number of ether oxygens (including phenoxy) is 6. The van der Waals surface area contributed by atoms with Crippen molar-refractivity contribution in [2.24, 2.45) is 0 Å². The molecule has 0 amide bonds. The molecule has 6 rings (SSSR count).